The van der Waals surface area contributed by atoms with Crippen LogP contribution in [-0.2, 0) is 4.79 Å². The van der Waals surface area contributed by atoms with Crippen LogP contribution in [0.4, 0.5) is 11.4 Å². The number of benzene rings is 2. The second kappa shape index (κ2) is 8.39. The lowest BCUT2D eigenvalue weighted by Gasteiger charge is -2.05. The molecule has 0 aliphatic heterocycles. The first-order chi connectivity index (χ1) is 13.8. The smallest absolute Gasteiger partial charge is 0.272 e. The van der Waals surface area contributed by atoms with Gasteiger partial charge < -0.3 is 21.4 Å². The van der Waals surface area contributed by atoms with Gasteiger partial charge >= 0.3 is 0 Å². The Balaban J connectivity index is 1.77. The summed E-state index contributed by atoms with van der Waals surface area (Å²) in [6.07, 6.45) is 0. The van der Waals surface area contributed by atoms with E-state index in [2.05, 4.69) is 25.8 Å². The van der Waals surface area contributed by atoms with Gasteiger partial charge in [-0.1, -0.05) is 24.3 Å². The molecule has 0 radical (unpaired) electrons. The van der Waals surface area contributed by atoms with E-state index in [9.17, 15) is 9.59 Å². The first-order valence-corrected chi connectivity index (χ1v) is 8.99. The van der Waals surface area contributed by atoms with Gasteiger partial charge in [0.15, 0.2) is 0 Å². The Bertz CT molecular complexity index is 1120. The number of carbonyl (C=O) groups excluding carboxylic acids is 2. The highest BCUT2D eigenvalue weighted by Gasteiger charge is 2.12. The molecule has 8 nitrogen and oxygen atoms in total. The zero-order valence-electron chi connectivity index (χ0n) is 16.4. The Hall–Kier alpha value is -3.94. The summed E-state index contributed by atoms with van der Waals surface area (Å²) in [5, 5.41) is 14.3. The van der Waals surface area contributed by atoms with Crippen LogP contribution in [0.2, 0.25) is 0 Å². The molecule has 5 N–H and O–H groups in total. The number of nitrogens with one attached hydrogen (secondary N) is 3. The normalized spacial score (nSPS) is 12.1. The zero-order valence-corrected chi connectivity index (χ0v) is 16.4. The molecule has 0 saturated heterocycles. The van der Waals surface area contributed by atoms with E-state index < -0.39 is 0 Å². The van der Waals surface area contributed by atoms with Crippen molar-refractivity contribution in [3.8, 4) is 0 Å². The molecule has 8 heteroatoms. The number of nitrogens with two attached hydrogens (primary N) is 1. The fraction of sp³-hybridized carbons (Fsp3) is 0.143. The van der Waals surface area contributed by atoms with Gasteiger partial charge in [-0.3, -0.25) is 9.59 Å². The molecule has 2 amide bonds. The Morgan fingerprint density at radius 3 is 2.34 bits per heavy atom. The predicted octanol–water partition coefficient (Wildman–Crippen LogP) is 3.48. The number of carbonyl (C=O) groups is 2. The molecule has 0 atom stereocenters. The number of fused-ring (bicyclic) bond motifs is 1. The van der Waals surface area contributed by atoms with Gasteiger partial charge in [-0.2, -0.15) is 5.10 Å². The van der Waals surface area contributed by atoms with Gasteiger partial charge in [-0.05, 0) is 43.7 Å². The first kappa shape index (κ1) is 19.8. The highest BCUT2D eigenvalue weighted by molar-refractivity contribution is 6.08. The Morgan fingerprint density at radius 2 is 1.69 bits per heavy atom. The van der Waals surface area contributed by atoms with Crippen molar-refractivity contribution in [3.63, 3.8) is 0 Å². The molecule has 3 rings (SSSR count). The van der Waals surface area contributed by atoms with Gasteiger partial charge in [0.1, 0.15) is 11.5 Å². The van der Waals surface area contributed by atoms with E-state index >= 15 is 0 Å². The van der Waals surface area contributed by atoms with Gasteiger partial charge in [0.2, 0.25) is 5.91 Å². The van der Waals surface area contributed by atoms with E-state index in [0.29, 0.717) is 34.1 Å². The molecular formula is C21H22N6O2. The predicted molar refractivity (Wildman–Crippen MR) is 117 cm³/mol. The van der Waals surface area contributed by atoms with Crippen molar-refractivity contribution in [1.82, 2.24) is 4.98 Å². The number of aromatic nitrogens is 1. The van der Waals surface area contributed by atoms with Crippen LogP contribution >= 0.6 is 0 Å². The van der Waals surface area contributed by atoms with Crippen molar-refractivity contribution in [3.05, 3.63) is 59.8 Å². The quantitative estimate of drug-likeness (QED) is 0.303. The number of nitrogens with zero attached hydrogens (tertiary/aromatic N) is 2. The summed E-state index contributed by atoms with van der Waals surface area (Å²) in [6, 6.07) is 14.5. The van der Waals surface area contributed by atoms with Crippen molar-refractivity contribution in [1.29, 1.82) is 0 Å². The monoisotopic (exact) mass is 390 g/mol. The zero-order chi connectivity index (χ0) is 21.0. The third kappa shape index (κ3) is 4.86. The van der Waals surface area contributed by atoms with Gasteiger partial charge in [-0.15, -0.1) is 5.10 Å². The summed E-state index contributed by atoms with van der Waals surface area (Å²) in [6.45, 7) is 4.94. The largest absolute Gasteiger partial charge is 0.386 e. The Labute approximate surface area is 167 Å². The summed E-state index contributed by atoms with van der Waals surface area (Å²) in [7, 11) is 0. The summed E-state index contributed by atoms with van der Waals surface area (Å²) in [5.74, 6) is -0.0750. The molecule has 2 aromatic carbocycles. The average molecular weight is 390 g/mol. The number of para-hydroxylation sites is 1. The molecule has 3 aromatic rings. The van der Waals surface area contributed by atoms with Crippen LogP contribution in [0.15, 0.2) is 58.7 Å². The lowest BCUT2D eigenvalue weighted by Crippen LogP contribution is -2.12. The van der Waals surface area contributed by atoms with Crippen LogP contribution in [0, 0.1) is 0 Å². The van der Waals surface area contributed by atoms with E-state index in [4.69, 9.17) is 5.73 Å². The minimum Gasteiger partial charge on any atom is -0.386 e. The summed E-state index contributed by atoms with van der Waals surface area (Å²) >= 11 is 0. The van der Waals surface area contributed by atoms with Crippen LogP contribution in [-0.4, -0.2) is 28.3 Å². The molecule has 0 aliphatic carbocycles. The molecule has 1 heterocycles. The number of hydrogen-bond donors (Lipinski definition) is 4. The molecule has 0 fully saturated rings. The minimum atomic E-state index is -0.281. The van der Waals surface area contributed by atoms with Crippen molar-refractivity contribution < 1.29 is 9.59 Å². The number of aromatic amines is 1. The number of hydrogen-bond acceptors (Lipinski definition) is 4. The van der Waals surface area contributed by atoms with Crippen molar-refractivity contribution >= 4 is 45.6 Å². The molecular weight excluding hydrogens is 368 g/mol. The van der Waals surface area contributed by atoms with Crippen LogP contribution in [0.1, 0.15) is 36.8 Å². The molecule has 29 heavy (non-hydrogen) atoms. The van der Waals surface area contributed by atoms with Gasteiger partial charge in [-0.25, -0.2) is 0 Å². The van der Waals surface area contributed by atoms with Gasteiger partial charge in [0, 0.05) is 18.0 Å². The van der Waals surface area contributed by atoms with E-state index in [1.54, 1.807) is 31.2 Å². The average Bonchev–Trinajstić information content (AvgIpc) is 3.12. The second-order valence-electron chi connectivity index (χ2n) is 6.59. The molecule has 0 bridgehead atoms. The fourth-order valence-electron chi connectivity index (χ4n) is 2.78. The number of amides is 2. The van der Waals surface area contributed by atoms with Crippen molar-refractivity contribution in [2.75, 3.05) is 10.6 Å². The topological polar surface area (TPSA) is 125 Å². The van der Waals surface area contributed by atoms with Crippen molar-refractivity contribution in [2.45, 2.75) is 20.8 Å². The van der Waals surface area contributed by atoms with Crippen LogP contribution < -0.4 is 16.4 Å². The molecule has 148 valence electrons. The maximum atomic E-state index is 12.6. The lowest BCUT2D eigenvalue weighted by molar-refractivity contribution is -0.114. The molecule has 0 aliphatic rings. The summed E-state index contributed by atoms with van der Waals surface area (Å²) in [5.41, 5.74) is 9.44. The number of rotatable bonds is 5. The maximum Gasteiger partial charge on any atom is 0.272 e. The van der Waals surface area contributed by atoms with Gasteiger partial charge in [0.25, 0.3) is 5.91 Å². The van der Waals surface area contributed by atoms with E-state index in [0.717, 1.165) is 10.9 Å². The Kier molecular flexibility index (Phi) is 5.73. The molecule has 1 aromatic heterocycles. The minimum absolute atomic E-state index is 0.177. The Morgan fingerprint density at radius 1 is 0.966 bits per heavy atom. The summed E-state index contributed by atoms with van der Waals surface area (Å²) < 4.78 is 0. The molecule has 0 unspecified atom stereocenters. The highest BCUT2D eigenvalue weighted by atomic mass is 16.2. The second-order valence-corrected chi connectivity index (χ2v) is 6.59. The van der Waals surface area contributed by atoms with E-state index in [1.807, 2.05) is 31.2 Å². The number of amidine groups is 1. The first-order valence-electron chi connectivity index (χ1n) is 8.99. The van der Waals surface area contributed by atoms with E-state index in [1.165, 1.54) is 6.92 Å². The van der Waals surface area contributed by atoms with E-state index in [-0.39, 0.29) is 11.8 Å². The highest BCUT2D eigenvalue weighted by Crippen LogP contribution is 2.24. The SMILES string of the molecule is CC(=O)Nc1cccc2cc(C(=O)Nc3ccc(/C(C)=N/N=C(/C)N)cc3)[nH]c12. The summed E-state index contributed by atoms with van der Waals surface area (Å²) in [4.78, 5) is 27.1. The van der Waals surface area contributed by atoms with Gasteiger partial charge in [0.05, 0.1) is 16.9 Å². The number of anilines is 2. The van der Waals surface area contributed by atoms with Crippen molar-refractivity contribution in [2.24, 2.45) is 15.9 Å². The maximum absolute atomic E-state index is 12.6. The molecule has 0 saturated carbocycles. The molecule has 0 spiro atoms. The fourth-order valence-corrected chi connectivity index (χ4v) is 2.78. The van der Waals surface area contributed by atoms with Crippen LogP contribution in [0.25, 0.3) is 10.9 Å². The number of H-pyrrole nitrogens is 1. The van der Waals surface area contributed by atoms with Crippen LogP contribution in [0.3, 0.4) is 0 Å². The third-order valence-electron chi connectivity index (χ3n) is 4.13. The lowest BCUT2D eigenvalue weighted by atomic mass is 10.1. The third-order valence-corrected chi connectivity index (χ3v) is 4.13. The van der Waals surface area contributed by atoms with Crippen LogP contribution in [0.5, 0.6) is 0 Å². The standard InChI is InChI=1S/C21H22N6O2/c1-12(26-27-13(2)22)15-7-9-17(10-8-15)24-21(29)19-11-16-5-4-6-18(20(16)25-19)23-14(3)28/h4-11,25H,1-3H3,(H2,22,27)(H,23,28)(H,24,29)/b26-12+.